The van der Waals surface area contributed by atoms with Crippen LogP contribution >= 0.6 is 0 Å². The van der Waals surface area contributed by atoms with Crippen molar-refractivity contribution in [2.75, 3.05) is 39.0 Å². The zero-order valence-corrected chi connectivity index (χ0v) is 12.6. The van der Waals surface area contributed by atoms with Crippen molar-refractivity contribution < 1.29 is 4.79 Å². The molecule has 0 radical (unpaired) electrons. The standard InChI is InChI=1S/C16H23N3O/c1-12-4-5-14-13(10-12)16(11-17-14)6-8-19(9-7-16)15(20)18(2)3/h4-5,10,17H,6-9,11H2,1-3H3. The number of rotatable bonds is 0. The Hall–Kier alpha value is -1.71. The summed E-state index contributed by atoms with van der Waals surface area (Å²) in [6.45, 7) is 4.87. The minimum atomic E-state index is 0.135. The maximum atomic E-state index is 12.0. The van der Waals surface area contributed by atoms with Crippen molar-refractivity contribution in [3.8, 4) is 0 Å². The lowest BCUT2D eigenvalue weighted by molar-refractivity contribution is 0.141. The van der Waals surface area contributed by atoms with Gasteiger partial charge in [0.1, 0.15) is 0 Å². The quantitative estimate of drug-likeness (QED) is 0.788. The molecule has 108 valence electrons. The molecule has 3 rings (SSSR count). The van der Waals surface area contributed by atoms with E-state index in [0.29, 0.717) is 0 Å². The molecule has 1 aromatic carbocycles. The summed E-state index contributed by atoms with van der Waals surface area (Å²) in [6.07, 6.45) is 2.10. The molecule has 4 nitrogen and oxygen atoms in total. The Kier molecular flexibility index (Phi) is 3.11. The molecule has 0 aromatic heterocycles. The van der Waals surface area contributed by atoms with E-state index in [4.69, 9.17) is 0 Å². The molecule has 0 bridgehead atoms. The van der Waals surface area contributed by atoms with Crippen molar-refractivity contribution in [2.45, 2.75) is 25.2 Å². The number of benzene rings is 1. The molecule has 2 aliphatic rings. The van der Waals surface area contributed by atoms with E-state index >= 15 is 0 Å². The molecule has 4 heteroatoms. The van der Waals surface area contributed by atoms with Crippen LogP contribution in [-0.2, 0) is 5.41 Å². The van der Waals surface area contributed by atoms with Crippen LogP contribution in [0.15, 0.2) is 18.2 Å². The number of hydrogen-bond acceptors (Lipinski definition) is 2. The predicted octanol–water partition coefficient (Wildman–Crippen LogP) is 2.44. The van der Waals surface area contributed by atoms with Gasteiger partial charge in [-0.2, -0.15) is 0 Å². The second-order valence-electron chi connectivity index (χ2n) is 6.35. The van der Waals surface area contributed by atoms with Gasteiger partial charge in [-0.15, -0.1) is 0 Å². The number of hydrogen-bond donors (Lipinski definition) is 1. The number of fused-ring (bicyclic) bond motifs is 2. The highest BCUT2D eigenvalue weighted by atomic mass is 16.2. The SMILES string of the molecule is Cc1ccc2c(c1)C1(CCN(C(=O)N(C)C)CC1)CN2. The first-order valence-corrected chi connectivity index (χ1v) is 7.33. The molecule has 0 unspecified atom stereocenters. The first-order valence-electron chi connectivity index (χ1n) is 7.33. The topological polar surface area (TPSA) is 35.6 Å². The lowest BCUT2D eigenvalue weighted by Crippen LogP contribution is -2.49. The van der Waals surface area contributed by atoms with Gasteiger partial charge in [-0.25, -0.2) is 4.79 Å². The van der Waals surface area contributed by atoms with Crippen molar-refractivity contribution in [1.29, 1.82) is 0 Å². The molecule has 0 atom stereocenters. The number of anilines is 1. The van der Waals surface area contributed by atoms with Crippen molar-refractivity contribution in [2.24, 2.45) is 0 Å². The zero-order chi connectivity index (χ0) is 14.3. The van der Waals surface area contributed by atoms with Crippen LogP contribution in [0.2, 0.25) is 0 Å². The number of likely N-dealkylation sites (tertiary alicyclic amines) is 1. The molecule has 2 heterocycles. The van der Waals surface area contributed by atoms with Gasteiger partial charge in [-0.1, -0.05) is 17.7 Å². The van der Waals surface area contributed by atoms with Crippen LogP contribution < -0.4 is 5.32 Å². The Bertz CT molecular complexity index is 531. The number of amides is 2. The highest BCUT2D eigenvalue weighted by molar-refractivity contribution is 5.74. The van der Waals surface area contributed by atoms with Gasteiger partial charge in [0.2, 0.25) is 0 Å². The molecule has 20 heavy (non-hydrogen) atoms. The van der Waals surface area contributed by atoms with Crippen molar-refractivity contribution in [3.05, 3.63) is 29.3 Å². The van der Waals surface area contributed by atoms with E-state index < -0.39 is 0 Å². The largest absolute Gasteiger partial charge is 0.384 e. The molecule has 0 saturated carbocycles. The minimum Gasteiger partial charge on any atom is -0.384 e. The van der Waals surface area contributed by atoms with E-state index in [1.54, 1.807) is 4.90 Å². The number of aryl methyl sites for hydroxylation is 1. The maximum Gasteiger partial charge on any atom is 0.319 e. The maximum absolute atomic E-state index is 12.0. The van der Waals surface area contributed by atoms with Gasteiger partial charge in [0.25, 0.3) is 0 Å². The monoisotopic (exact) mass is 273 g/mol. The summed E-state index contributed by atoms with van der Waals surface area (Å²) in [6, 6.07) is 6.81. The third-order valence-corrected chi connectivity index (χ3v) is 4.74. The van der Waals surface area contributed by atoms with E-state index in [1.807, 2.05) is 19.0 Å². The van der Waals surface area contributed by atoms with E-state index in [2.05, 4.69) is 30.4 Å². The molecule has 1 fully saturated rings. The van der Waals surface area contributed by atoms with Crippen molar-refractivity contribution >= 4 is 11.7 Å². The Labute approximate surface area is 120 Å². The van der Waals surface area contributed by atoms with Crippen LogP contribution in [-0.4, -0.2) is 49.6 Å². The molecule has 0 aliphatic carbocycles. The fourth-order valence-electron chi connectivity index (χ4n) is 3.47. The molecular formula is C16H23N3O. The molecule has 1 N–H and O–H groups in total. The Morgan fingerprint density at radius 3 is 2.65 bits per heavy atom. The summed E-state index contributed by atoms with van der Waals surface area (Å²) in [5.41, 5.74) is 4.28. The Balaban J connectivity index is 1.79. The van der Waals surface area contributed by atoms with Gasteiger partial charge in [0.05, 0.1) is 0 Å². The molecule has 1 aromatic rings. The van der Waals surface area contributed by atoms with Gasteiger partial charge in [-0.3, -0.25) is 0 Å². The molecular weight excluding hydrogens is 250 g/mol. The first kappa shape index (κ1) is 13.3. The summed E-state index contributed by atoms with van der Waals surface area (Å²) in [5, 5.41) is 3.54. The molecule has 2 amide bonds. The summed E-state index contributed by atoms with van der Waals surface area (Å²) < 4.78 is 0. The van der Waals surface area contributed by atoms with E-state index in [0.717, 1.165) is 32.5 Å². The lowest BCUT2D eigenvalue weighted by Gasteiger charge is -2.40. The smallest absolute Gasteiger partial charge is 0.319 e. The zero-order valence-electron chi connectivity index (χ0n) is 12.6. The van der Waals surface area contributed by atoms with Gasteiger partial charge in [-0.05, 0) is 31.4 Å². The predicted molar refractivity (Wildman–Crippen MR) is 81.2 cm³/mol. The van der Waals surface area contributed by atoms with Gasteiger partial charge in [0, 0.05) is 44.8 Å². The Morgan fingerprint density at radius 2 is 2.00 bits per heavy atom. The molecule has 1 saturated heterocycles. The lowest BCUT2D eigenvalue weighted by atomic mass is 9.74. The first-order chi connectivity index (χ1) is 9.52. The fraction of sp³-hybridized carbons (Fsp3) is 0.562. The number of nitrogens with one attached hydrogen (secondary N) is 1. The van der Waals surface area contributed by atoms with Crippen LogP contribution in [0.1, 0.15) is 24.0 Å². The summed E-state index contributed by atoms with van der Waals surface area (Å²) in [7, 11) is 3.64. The van der Waals surface area contributed by atoms with Crippen molar-refractivity contribution in [1.82, 2.24) is 9.80 Å². The number of urea groups is 1. The molecule has 2 aliphatic heterocycles. The second-order valence-corrected chi connectivity index (χ2v) is 6.35. The van der Waals surface area contributed by atoms with Crippen LogP contribution in [0.4, 0.5) is 10.5 Å². The van der Waals surface area contributed by atoms with Gasteiger partial charge in [0.15, 0.2) is 0 Å². The number of carbonyl (C=O) groups excluding carboxylic acids is 1. The van der Waals surface area contributed by atoms with E-state index in [-0.39, 0.29) is 11.4 Å². The van der Waals surface area contributed by atoms with Crippen LogP contribution in [0.25, 0.3) is 0 Å². The third kappa shape index (κ3) is 2.03. The Morgan fingerprint density at radius 1 is 1.30 bits per heavy atom. The average molecular weight is 273 g/mol. The summed E-state index contributed by atoms with van der Waals surface area (Å²) in [4.78, 5) is 15.7. The summed E-state index contributed by atoms with van der Waals surface area (Å²) >= 11 is 0. The fourth-order valence-corrected chi connectivity index (χ4v) is 3.47. The second kappa shape index (κ2) is 4.69. The third-order valence-electron chi connectivity index (χ3n) is 4.74. The number of piperidine rings is 1. The van der Waals surface area contributed by atoms with E-state index in [1.165, 1.54) is 16.8 Å². The molecule has 1 spiro atoms. The van der Waals surface area contributed by atoms with Crippen molar-refractivity contribution in [3.63, 3.8) is 0 Å². The van der Waals surface area contributed by atoms with E-state index in [9.17, 15) is 4.79 Å². The normalized spacial score (nSPS) is 19.6. The average Bonchev–Trinajstić information content (AvgIpc) is 2.77. The minimum absolute atomic E-state index is 0.135. The van der Waals surface area contributed by atoms with Crippen LogP contribution in [0, 0.1) is 6.92 Å². The van der Waals surface area contributed by atoms with Gasteiger partial charge >= 0.3 is 6.03 Å². The van der Waals surface area contributed by atoms with Crippen LogP contribution in [0.5, 0.6) is 0 Å². The van der Waals surface area contributed by atoms with Crippen LogP contribution in [0.3, 0.4) is 0 Å². The highest BCUT2D eigenvalue weighted by Crippen LogP contribution is 2.44. The number of carbonyl (C=O) groups is 1. The van der Waals surface area contributed by atoms with Gasteiger partial charge < -0.3 is 15.1 Å². The number of nitrogens with zero attached hydrogens (tertiary/aromatic N) is 2. The highest BCUT2D eigenvalue weighted by Gasteiger charge is 2.42. The summed E-state index contributed by atoms with van der Waals surface area (Å²) in [5.74, 6) is 0.